The minimum absolute atomic E-state index is 0.0828. The molecule has 0 bridgehead atoms. The lowest BCUT2D eigenvalue weighted by Crippen LogP contribution is -2.35. The number of carbonyl (C=O) groups is 1. The van der Waals surface area contributed by atoms with Gasteiger partial charge in [-0.3, -0.25) is 0 Å². The van der Waals surface area contributed by atoms with Crippen LogP contribution in [0.1, 0.15) is 24.5 Å². The van der Waals surface area contributed by atoms with E-state index in [4.69, 9.17) is 0 Å². The van der Waals surface area contributed by atoms with Crippen molar-refractivity contribution < 1.29 is 4.79 Å². The summed E-state index contributed by atoms with van der Waals surface area (Å²) in [5, 5.41) is 3.76. The number of hydrogen-bond acceptors (Lipinski definition) is 4. The zero-order valence-corrected chi connectivity index (χ0v) is 16.9. The molecule has 0 aliphatic heterocycles. The average Bonchev–Trinajstić information content (AvgIpc) is 2.71. The van der Waals surface area contributed by atoms with Gasteiger partial charge in [0.2, 0.25) is 0 Å². The van der Waals surface area contributed by atoms with Crippen LogP contribution in [-0.4, -0.2) is 27.4 Å². The molecule has 1 aromatic heterocycles. The Kier molecular flexibility index (Phi) is 7.03. The summed E-state index contributed by atoms with van der Waals surface area (Å²) >= 11 is 1.50. The largest absolute Gasteiger partial charge is 0.322 e. The summed E-state index contributed by atoms with van der Waals surface area (Å²) < 4.78 is 0. The fraction of sp³-hybridized carbons (Fsp3) is 0.227. The van der Waals surface area contributed by atoms with Gasteiger partial charge in [0, 0.05) is 36.1 Å². The van der Waals surface area contributed by atoms with E-state index in [1.54, 1.807) is 18.5 Å². The third kappa shape index (κ3) is 5.57. The van der Waals surface area contributed by atoms with Crippen molar-refractivity contribution in [3.63, 3.8) is 0 Å². The molecule has 0 saturated carbocycles. The van der Waals surface area contributed by atoms with Gasteiger partial charge in [-0.1, -0.05) is 37.3 Å². The summed E-state index contributed by atoms with van der Waals surface area (Å²) in [6.45, 7) is 5.37. The molecule has 6 heteroatoms. The van der Waals surface area contributed by atoms with Gasteiger partial charge in [-0.2, -0.15) is 0 Å². The Labute approximate surface area is 170 Å². The van der Waals surface area contributed by atoms with Crippen LogP contribution in [0.15, 0.2) is 77.0 Å². The predicted molar refractivity (Wildman–Crippen MR) is 113 cm³/mol. The first-order valence-corrected chi connectivity index (χ1v) is 10.1. The van der Waals surface area contributed by atoms with Gasteiger partial charge in [-0.25, -0.2) is 14.8 Å². The number of anilines is 1. The summed E-state index contributed by atoms with van der Waals surface area (Å²) in [5.41, 5.74) is 2.94. The molecule has 0 saturated heterocycles. The third-order valence-electron chi connectivity index (χ3n) is 4.19. The summed E-state index contributed by atoms with van der Waals surface area (Å²) in [6.07, 6.45) is 4.36. The standard InChI is InChI=1S/C22H24N4OS/c1-3-14-26(16-18-8-5-4-6-9-18)22(27)25-20-11-10-19(15-17(20)2)28-21-23-12-7-13-24-21/h4-13,15H,3,14,16H2,1-2H3,(H,25,27). The average molecular weight is 393 g/mol. The van der Waals surface area contributed by atoms with Gasteiger partial charge >= 0.3 is 6.03 Å². The van der Waals surface area contributed by atoms with Crippen molar-refractivity contribution >= 4 is 23.5 Å². The summed E-state index contributed by atoms with van der Waals surface area (Å²) in [7, 11) is 0. The Bertz CT molecular complexity index is 903. The monoisotopic (exact) mass is 392 g/mol. The first-order valence-electron chi connectivity index (χ1n) is 9.31. The van der Waals surface area contributed by atoms with Gasteiger partial charge in [0.25, 0.3) is 0 Å². The maximum absolute atomic E-state index is 12.8. The molecule has 28 heavy (non-hydrogen) atoms. The fourth-order valence-corrected chi connectivity index (χ4v) is 3.61. The van der Waals surface area contributed by atoms with Crippen LogP contribution >= 0.6 is 11.8 Å². The maximum Gasteiger partial charge on any atom is 0.322 e. The van der Waals surface area contributed by atoms with Crippen LogP contribution < -0.4 is 5.32 Å². The molecule has 3 rings (SSSR count). The second-order valence-electron chi connectivity index (χ2n) is 6.45. The van der Waals surface area contributed by atoms with Crippen LogP contribution in [0.2, 0.25) is 0 Å². The lowest BCUT2D eigenvalue weighted by atomic mass is 10.2. The van der Waals surface area contributed by atoms with E-state index < -0.39 is 0 Å². The van der Waals surface area contributed by atoms with Crippen molar-refractivity contribution in [1.29, 1.82) is 0 Å². The number of nitrogens with one attached hydrogen (secondary N) is 1. The normalized spacial score (nSPS) is 10.5. The molecule has 0 aliphatic rings. The molecule has 2 aromatic carbocycles. The van der Waals surface area contributed by atoms with E-state index >= 15 is 0 Å². The van der Waals surface area contributed by atoms with E-state index in [1.165, 1.54) is 11.8 Å². The molecule has 1 N–H and O–H groups in total. The Hall–Kier alpha value is -2.86. The van der Waals surface area contributed by atoms with E-state index in [9.17, 15) is 4.79 Å². The minimum Gasteiger partial charge on any atom is -0.320 e. The number of urea groups is 1. The molecule has 0 spiro atoms. The highest BCUT2D eigenvalue weighted by Crippen LogP contribution is 2.28. The highest BCUT2D eigenvalue weighted by Gasteiger charge is 2.14. The van der Waals surface area contributed by atoms with Crippen LogP contribution in [0.4, 0.5) is 10.5 Å². The molecule has 2 amide bonds. The lowest BCUT2D eigenvalue weighted by Gasteiger charge is -2.23. The van der Waals surface area contributed by atoms with Crippen LogP contribution in [0.5, 0.6) is 0 Å². The number of rotatable bonds is 7. The highest BCUT2D eigenvalue weighted by atomic mass is 32.2. The Morgan fingerprint density at radius 2 is 1.82 bits per heavy atom. The van der Waals surface area contributed by atoms with Gasteiger partial charge in [0.15, 0.2) is 5.16 Å². The fourth-order valence-electron chi connectivity index (χ4n) is 2.80. The second kappa shape index (κ2) is 9.90. The van der Waals surface area contributed by atoms with Gasteiger partial charge in [0.05, 0.1) is 0 Å². The van der Waals surface area contributed by atoms with E-state index in [0.29, 0.717) is 18.2 Å². The third-order valence-corrected chi connectivity index (χ3v) is 5.07. The van der Waals surface area contributed by atoms with E-state index in [0.717, 1.165) is 28.1 Å². The van der Waals surface area contributed by atoms with Crippen molar-refractivity contribution in [2.45, 2.75) is 36.9 Å². The molecule has 0 atom stereocenters. The van der Waals surface area contributed by atoms with Gasteiger partial charge < -0.3 is 10.2 Å². The maximum atomic E-state index is 12.8. The van der Waals surface area contributed by atoms with Gasteiger partial charge in [-0.05, 0) is 60.5 Å². The molecule has 144 valence electrons. The zero-order valence-electron chi connectivity index (χ0n) is 16.1. The zero-order chi connectivity index (χ0) is 19.8. The smallest absolute Gasteiger partial charge is 0.320 e. The molecule has 0 radical (unpaired) electrons. The number of hydrogen-bond donors (Lipinski definition) is 1. The first-order chi connectivity index (χ1) is 13.7. The van der Waals surface area contributed by atoms with Crippen molar-refractivity contribution in [3.05, 3.63) is 78.1 Å². The Balaban J connectivity index is 1.67. The summed E-state index contributed by atoms with van der Waals surface area (Å²) in [5.74, 6) is 0. The SMILES string of the molecule is CCCN(Cc1ccccc1)C(=O)Nc1ccc(Sc2ncccn2)cc1C. The number of benzene rings is 2. The van der Waals surface area contributed by atoms with Crippen molar-refractivity contribution in [1.82, 2.24) is 14.9 Å². The predicted octanol–water partition coefficient (Wildman–Crippen LogP) is 5.38. The van der Waals surface area contributed by atoms with E-state index in [2.05, 4.69) is 22.2 Å². The molecule has 3 aromatic rings. The number of nitrogens with zero attached hydrogens (tertiary/aromatic N) is 3. The van der Waals surface area contributed by atoms with Crippen molar-refractivity contribution in [2.75, 3.05) is 11.9 Å². The quantitative estimate of drug-likeness (QED) is 0.548. The van der Waals surface area contributed by atoms with Crippen LogP contribution in [-0.2, 0) is 6.54 Å². The number of carbonyl (C=O) groups excluding carboxylic acids is 1. The number of amides is 2. The molecule has 0 aliphatic carbocycles. The van der Waals surface area contributed by atoms with Gasteiger partial charge in [0.1, 0.15) is 0 Å². The Morgan fingerprint density at radius 3 is 2.50 bits per heavy atom. The number of aryl methyl sites for hydroxylation is 1. The topological polar surface area (TPSA) is 58.1 Å². The highest BCUT2D eigenvalue weighted by molar-refractivity contribution is 7.99. The van der Waals surface area contributed by atoms with E-state index in [-0.39, 0.29) is 6.03 Å². The van der Waals surface area contributed by atoms with Crippen LogP contribution in [0.3, 0.4) is 0 Å². The van der Waals surface area contributed by atoms with E-state index in [1.807, 2.05) is 60.4 Å². The first kappa shape index (κ1) is 19.9. The molecule has 1 heterocycles. The summed E-state index contributed by atoms with van der Waals surface area (Å²) in [4.78, 5) is 24.2. The summed E-state index contributed by atoms with van der Waals surface area (Å²) in [6, 6.07) is 17.7. The van der Waals surface area contributed by atoms with Gasteiger partial charge in [-0.15, -0.1) is 0 Å². The molecule has 0 fully saturated rings. The minimum atomic E-state index is -0.0828. The van der Waals surface area contributed by atoms with Crippen molar-refractivity contribution in [3.8, 4) is 0 Å². The second-order valence-corrected chi connectivity index (χ2v) is 7.49. The lowest BCUT2D eigenvalue weighted by molar-refractivity contribution is 0.209. The molecule has 5 nitrogen and oxygen atoms in total. The Morgan fingerprint density at radius 1 is 1.07 bits per heavy atom. The van der Waals surface area contributed by atoms with Crippen molar-refractivity contribution in [2.24, 2.45) is 0 Å². The molecule has 0 unspecified atom stereocenters. The molecular weight excluding hydrogens is 368 g/mol. The van der Waals surface area contributed by atoms with Crippen LogP contribution in [0.25, 0.3) is 0 Å². The molecular formula is C22H24N4OS. The van der Waals surface area contributed by atoms with Crippen LogP contribution in [0, 0.1) is 6.92 Å². The number of aromatic nitrogens is 2.